The summed E-state index contributed by atoms with van der Waals surface area (Å²) in [4.78, 5) is 24.2. The van der Waals surface area contributed by atoms with Crippen LogP contribution in [0, 0.1) is 0 Å². The fourth-order valence-corrected chi connectivity index (χ4v) is 3.06. The molecule has 2 atom stereocenters. The van der Waals surface area contributed by atoms with Crippen LogP contribution in [0.3, 0.4) is 0 Å². The maximum atomic E-state index is 13.1. The van der Waals surface area contributed by atoms with Crippen molar-refractivity contribution >= 4 is 11.8 Å². The van der Waals surface area contributed by atoms with Gasteiger partial charge in [-0.2, -0.15) is 26.3 Å². The molecule has 4 N–H and O–H groups in total. The number of alkyl halides is 6. The molecule has 2 heterocycles. The van der Waals surface area contributed by atoms with Crippen molar-refractivity contribution in [3.63, 3.8) is 0 Å². The number of nitrogens with one attached hydrogen (secondary N) is 2. The summed E-state index contributed by atoms with van der Waals surface area (Å²) in [6.45, 7) is 4.47. The van der Waals surface area contributed by atoms with Crippen LogP contribution in [0.2, 0.25) is 0 Å². The fraction of sp³-hybridized carbons (Fsp3) is 0.625. The van der Waals surface area contributed by atoms with Crippen molar-refractivity contribution in [3.05, 3.63) is 24.0 Å². The summed E-state index contributed by atoms with van der Waals surface area (Å²) in [5.74, 6) is -2.26. The van der Waals surface area contributed by atoms with Gasteiger partial charge in [0.05, 0.1) is 0 Å². The highest BCUT2D eigenvalue weighted by Gasteiger charge is 2.63. The van der Waals surface area contributed by atoms with E-state index in [1.807, 2.05) is 5.43 Å². The average molecular weight is 446 g/mol. The van der Waals surface area contributed by atoms with E-state index in [1.165, 1.54) is 6.92 Å². The quantitative estimate of drug-likeness (QED) is 0.378. The summed E-state index contributed by atoms with van der Waals surface area (Å²) in [5, 5.41) is 19.6. The van der Waals surface area contributed by atoms with Gasteiger partial charge in [0, 0.05) is 30.7 Å². The van der Waals surface area contributed by atoms with Crippen molar-refractivity contribution in [2.75, 3.05) is 0 Å². The summed E-state index contributed by atoms with van der Waals surface area (Å²) < 4.78 is 78.5. The molecule has 0 aromatic carbocycles. The number of aliphatic hydroxyl groups is 2. The van der Waals surface area contributed by atoms with Crippen LogP contribution >= 0.6 is 0 Å². The molecule has 0 unspecified atom stereocenters. The van der Waals surface area contributed by atoms with Crippen LogP contribution in [-0.2, 0) is 9.59 Å². The van der Waals surface area contributed by atoms with E-state index in [-0.39, 0.29) is 34.3 Å². The second-order valence-electron chi connectivity index (χ2n) is 7.03. The number of carbonyl (C=O) groups excluding carboxylic acids is 2. The van der Waals surface area contributed by atoms with Gasteiger partial charge < -0.3 is 10.2 Å². The number of halogens is 6. The van der Waals surface area contributed by atoms with E-state index in [2.05, 4.69) is 12.0 Å². The average Bonchev–Trinajstić information content (AvgIpc) is 3.07. The lowest BCUT2D eigenvalue weighted by molar-refractivity contribution is -0.304. The van der Waals surface area contributed by atoms with Gasteiger partial charge in [-0.3, -0.25) is 20.4 Å². The number of amides is 2. The Balaban J connectivity index is 1.91. The highest BCUT2D eigenvalue weighted by Crippen LogP contribution is 2.41. The predicted molar refractivity (Wildman–Crippen MR) is 88.0 cm³/mol. The van der Waals surface area contributed by atoms with Gasteiger partial charge in [-0.15, -0.1) is 0 Å². The van der Waals surface area contributed by atoms with E-state index >= 15 is 0 Å². The van der Waals surface area contributed by atoms with Crippen molar-refractivity contribution in [1.82, 2.24) is 20.9 Å². The van der Waals surface area contributed by atoms with E-state index in [1.54, 1.807) is 0 Å². The lowest BCUT2D eigenvalue weighted by Crippen LogP contribution is -2.60. The van der Waals surface area contributed by atoms with Crippen molar-refractivity contribution in [2.24, 2.45) is 0 Å². The first-order chi connectivity index (χ1) is 13.5. The van der Waals surface area contributed by atoms with Crippen LogP contribution in [0.4, 0.5) is 26.3 Å². The van der Waals surface area contributed by atoms with Gasteiger partial charge >= 0.3 is 12.4 Å². The Morgan fingerprint density at radius 1 is 1.03 bits per heavy atom. The molecule has 2 amide bonds. The number of hydrazine groups is 2. The Bertz CT molecular complexity index is 768. The van der Waals surface area contributed by atoms with E-state index in [0.717, 1.165) is 0 Å². The fourth-order valence-electron chi connectivity index (χ4n) is 3.06. The molecule has 1 saturated heterocycles. The summed E-state index contributed by atoms with van der Waals surface area (Å²) in [5.41, 5.74) is -3.19. The standard InChI is InChI=1S/C16H20F6N4O4/c1-9-7-13(29,15(17,18)19)25(23-9)11(27)5-3-4-6-12(28)26-14(30,16(20,21)22)8-10(2)24-26/h8,23-24,29-30H,1,3-7H2,2H3/t13-,14-/m0/s1. The first kappa shape index (κ1) is 23.8. The van der Waals surface area contributed by atoms with Gasteiger partial charge in [0.2, 0.25) is 11.8 Å². The van der Waals surface area contributed by atoms with Gasteiger partial charge in [0.25, 0.3) is 11.4 Å². The minimum Gasteiger partial charge on any atom is -0.362 e. The minimum atomic E-state index is -5.17. The molecule has 0 bridgehead atoms. The van der Waals surface area contributed by atoms with Gasteiger partial charge in [0.1, 0.15) is 0 Å². The van der Waals surface area contributed by atoms with Crippen LogP contribution in [0.5, 0.6) is 0 Å². The second-order valence-corrected chi connectivity index (χ2v) is 7.03. The summed E-state index contributed by atoms with van der Waals surface area (Å²) in [6.07, 6.45) is -12.2. The van der Waals surface area contributed by atoms with Crippen molar-refractivity contribution in [1.29, 1.82) is 0 Å². The van der Waals surface area contributed by atoms with E-state index in [4.69, 9.17) is 0 Å². The summed E-state index contributed by atoms with van der Waals surface area (Å²) in [7, 11) is 0. The summed E-state index contributed by atoms with van der Waals surface area (Å²) in [6, 6.07) is 0. The second kappa shape index (κ2) is 7.65. The molecule has 0 aromatic rings. The highest BCUT2D eigenvalue weighted by molar-refractivity contribution is 5.78. The molecular formula is C16H20F6N4O4. The molecule has 0 aromatic heterocycles. The zero-order valence-corrected chi connectivity index (χ0v) is 15.7. The number of unbranched alkanes of at least 4 members (excludes halogenated alkanes) is 1. The highest BCUT2D eigenvalue weighted by atomic mass is 19.4. The maximum absolute atomic E-state index is 13.1. The van der Waals surface area contributed by atoms with Crippen molar-refractivity contribution in [3.8, 4) is 0 Å². The normalized spacial score (nSPS) is 27.1. The number of hydrogen-bond donors (Lipinski definition) is 4. The number of carbonyl (C=O) groups is 2. The third kappa shape index (κ3) is 4.19. The molecule has 2 rings (SSSR count). The van der Waals surface area contributed by atoms with Gasteiger partial charge in [-0.05, 0) is 25.8 Å². The molecule has 170 valence electrons. The molecular weight excluding hydrogens is 426 g/mol. The number of hydrogen-bond acceptors (Lipinski definition) is 6. The smallest absolute Gasteiger partial charge is 0.362 e. The molecule has 0 radical (unpaired) electrons. The first-order valence-corrected chi connectivity index (χ1v) is 8.68. The van der Waals surface area contributed by atoms with Gasteiger partial charge in [-0.1, -0.05) is 6.58 Å². The molecule has 2 aliphatic heterocycles. The number of allylic oxidation sites excluding steroid dienone is 1. The predicted octanol–water partition coefficient (Wildman–Crippen LogP) is 1.55. The SMILES string of the molecule is C=C1C[C@](O)(C(F)(F)F)N(C(=O)CCCCC(=O)N2NC(C)=C[C@]2(O)C(F)(F)F)N1. The zero-order chi connectivity index (χ0) is 23.1. The minimum absolute atomic E-state index is 0.00879. The topological polar surface area (TPSA) is 105 Å². The first-order valence-electron chi connectivity index (χ1n) is 8.68. The maximum Gasteiger partial charge on any atom is 0.442 e. The van der Waals surface area contributed by atoms with Crippen molar-refractivity contribution in [2.45, 2.75) is 62.8 Å². The Morgan fingerprint density at radius 2 is 1.53 bits per heavy atom. The van der Waals surface area contributed by atoms with Crippen LogP contribution in [0.25, 0.3) is 0 Å². The van der Waals surface area contributed by atoms with Gasteiger partial charge in [-0.25, -0.2) is 10.0 Å². The molecule has 0 spiro atoms. The van der Waals surface area contributed by atoms with E-state index < -0.39 is 54.9 Å². The van der Waals surface area contributed by atoms with Crippen molar-refractivity contribution < 1.29 is 46.1 Å². The van der Waals surface area contributed by atoms with E-state index in [0.29, 0.717) is 6.08 Å². The number of nitrogens with zero attached hydrogens (tertiary/aromatic N) is 2. The third-order valence-corrected chi connectivity index (χ3v) is 4.55. The van der Waals surface area contributed by atoms with Crippen LogP contribution < -0.4 is 10.9 Å². The third-order valence-electron chi connectivity index (χ3n) is 4.55. The molecule has 14 heteroatoms. The lowest BCUT2D eigenvalue weighted by Gasteiger charge is -2.34. The summed E-state index contributed by atoms with van der Waals surface area (Å²) >= 11 is 0. The number of rotatable bonds is 5. The molecule has 30 heavy (non-hydrogen) atoms. The Labute approximate surface area is 166 Å². The monoisotopic (exact) mass is 446 g/mol. The Hall–Kier alpha value is -2.48. The molecule has 2 aliphatic rings. The molecule has 0 saturated carbocycles. The van der Waals surface area contributed by atoms with Gasteiger partial charge in [0.15, 0.2) is 0 Å². The Kier molecular flexibility index (Phi) is 6.07. The van der Waals surface area contributed by atoms with Crippen LogP contribution in [0.1, 0.15) is 39.0 Å². The Morgan fingerprint density at radius 3 is 2.00 bits per heavy atom. The lowest BCUT2D eigenvalue weighted by atomic mass is 10.1. The molecule has 0 aliphatic carbocycles. The molecule has 8 nitrogen and oxygen atoms in total. The van der Waals surface area contributed by atoms with E-state index in [9.17, 15) is 46.1 Å². The largest absolute Gasteiger partial charge is 0.442 e. The zero-order valence-electron chi connectivity index (χ0n) is 15.7. The van der Waals surface area contributed by atoms with Crippen LogP contribution in [-0.4, -0.2) is 55.8 Å². The van der Waals surface area contributed by atoms with Crippen LogP contribution in [0.15, 0.2) is 24.0 Å². The molecule has 1 fully saturated rings.